The number of anilines is 1. The molecule has 1 aromatic carbocycles. The number of hydrogen-bond donors (Lipinski definition) is 4. The second kappa shape index (κ2) is 9.42. The van der Waals surface area contributed by atoms with Gasteiger partial charge in [0.1, 0.15) is 11.6 Å². The van der Waals surface area contributed by atoms with Crippen molar-refractivity contribution in [1.29, 1.82) is 5.41 Å². The van der Waals surface area contributed by atoms with E-state index in [-0.39, 0.29) is 18.0 Å². The molecular formula is C23H27N7O. The number of aromatic nitrogens is 3. The fourth-order valence-corrected chi connectivity index (χ4v) is 3.93. The van der Waals surface area contributed by atoms with Crippen molar-refractivity contribution in [3.8, 4) is 5.75 Å². The Balaban J connectivity index is 1.70. The Hall–Kier alpha value is -3.68. The maximum atomic E-state index is 7.64. The summed E-state index contributed by atoms with van der Waals surface area (Å²) in [5.74, 6) is 2.10. The third-order valence-electron chi connectivity index (χ3n) is 5.46. The van der Waals surface area contributed by atoms with Gasteiger partial charge in [0.05, 0.1) is 12.6 Å². The first-order valence-electron chi connectivity index (χ1n) is 10.4. The number of pyridine rings is 1. The molecule has 1 aliphatic carbocycles. The summed E-state index contributed by atoms with van der Waals surface area (Å²) in [4.78, 5) is 13.6. The first-order valence-corrected chi connectivity index (χ1v) is 10.4. The van der Waals surface area contributed by atoms with Crippen LogP contribution in [0, 0.1) is 5.41 Å². The van der Waals surface area contributed by atoms with Crippen LogP contribution in [0.15, 0.2) is 42.7 Å². The van der Waals surface area contributed by atoms with E-state index >= 15 is 0 Å². The van der Waals surface area contributed by atoms with E-state index in [0.717, 1.165) is 53.7 Å². The van der Waals surface area contributed by atoms with Gasteiger partial charge in [0, 0.05) is 29.9 Å². The molecule has 160 valence electrons. The monoisotopic (exact) mass is 417 g/mol. The van der Waals surface area contributed by atoms with Gasteiger partial charge in [-0.2, -0.15) is 0 Å². The van der Waals surface area contributed by atoms with E-state index in [2.05, 4.69) is 15.6 Å². The third-order valence-corrected chi connectivity index (χ3v) is 5.46. The van der Waals surface area contributed by atoms with E-state index in [1.165, 1.54) is 0 Å². The Labute approximate surface area is 181 Å². The second-order valence-corrected chi connectivity index (χ2v) is 7.63. The Morgan fingerprint density at radius 2 is 2.00 bits per heavy atom. The molecule has 8 nitrogen and oxygen atoms in total. The molecule has 0 saturated heterocycles. The van der Waals surface area contributed by atoms with Crippen LogP contribution in [0.2, 0.25) is 0 Å². The van der Waals surface area contributed by atoms with Crippen molar-refractivity contribution in [2.75, 3.05) is 12.4 Å². The molecule has 1 fully saturated rings. The van der Waals surface area contributed by atoms with Crippen LogP contribution in [0.1, 0.15) is 37.1 Å². The molecule has 0 bridgehead atoms. The van der Waals surface area contributed by atoms with Gasteiger partial charge < -0.3 is 21.1 Å². The number of fused-ring (bicyclic) bond motifs is 1. The van der Waals surface area contributed by atoms with Crippen LogP contribution < -0.4 is 21.1 Å². The molecular weight excluding hydrogens is 390 g/mol. The molecule has 0 spiro atoms. The standard InChI is InChI=1S/C23H27N7O/c1-31-16-9-10-18-17(13-16)22(28-19-6-2-3-7-20(19)29-23(24)25)30-21(27-18)11-8-15-5-4-12-26-14-15/h4-5,8-14,19-20H,2-3,6-7H2,1H3,(H4,24,25,29)(H,27,28,30)/b11-8+. The van der Waals surface area contributed by atoms with Crippen LogP contribution in [0.4, 0.5) is 5.82 Å². The minimum atomic E-state index is -0.00647. The fourth-order valence-electron chi connectivity index (χ4n) is 3.93. The predicted octanol–water partition coefficient (Wildman–Crippen LogP) is 3.41. The van der Waals surface area contributed by atoms with Crippen LogP contribution in [-0.2, 0) is 0 Å². The summed E-state index contributed by atoms with van der Waals surface area (Å²) in [5.41, 5.74) is 7.42. The summed E-state index contributed by atoms with van der Waals surface area (Å²) in [6.07, 6.45) is 11.5. The van der Waals surface area contributed by atoms with Crippen LogP contribution in [0.3, 0.4) is 0 Å². The molecule has 0 amide bonds. The minimum absolute atomic E-state index is 0.00647. The topological polar surface area (TPSA) is 122 Å². The maximum absolute atomic E-state index is 7.64. The molecule has 2 atom stereocenters. The van der Waals surface area contributed by atoms with Gasteiger partial charge in [-0.05, 0) is 54.8 Å². The second-order valence-electron chi connectivity index (χ2n) is 7.63. The lowest BCUT2D eigenvalue weighted by atomic mass is 9.90. The van der Waals surface area contributed by atoms with E-state index in [1.807, 2.05) is 42.5 Å². The van der Waals surface area contributed by atoms with Crippen molar-refractivity contribution < 1.29 is 4.74 Å². The number of hydrogen-bond acceptors (Lipinski definition) is 6. The Bertz CT molecular complexity index is 1080. The number of nitrogens with two attached hydrogens (primary N) is 1. The molecule has 1 saturated carbocycles. The van der Waals surface area contributed by atoms with Crippen molar-refractivity contribution in [2.45, 2.75) is 37.8 Å². The summed E-state index contributed by atoms with van der Waals surface area (Å²) in [6, 6.07) is 9.85. The van der Waals surface area contributed by atoms with Crippen LogP contribution in [-0.4, -0.2) is 40.1 Å². The normalized spacial score (nSPS) is 18.7. The average molecular weight is 418 g/mol. The van der Waals surface area contributed by atoms with Gasteiger partial charge >= 0.3 is 0 Å². The van der Waals surface area contributed by atoms with Crippen molar-refractivity contribution in [2.24, 2.45) is 5.73 Å². The highest BCUT2D eigenvalue weighted by Gasteiger charge is 2.26. The Morgan fingerprint density at radius 1 is 1.16 bits per heavy atom. The molecule has 5 N–H and O–H groups in total. The predicted molar refractivity (Wildman–Crippen MR) is 124 cm³/mol. The largest absolute Gasteiger partial charge is 0.497 e. The van der Waals surface area contributed by atoms with Crippen LogP contribution >= 0.6 is 0 Å². The first-order chi connectivity index (χ1) is 15.1. The summed E-state index contributed by atoms with van der Waals surface area (Å²) < 4.78 is 5.42. The SMILES string of the molecule is COc1ccc2nc(/C=C/c3cccnc3)nc(NC3CCCCC3NC(=N)N)c2c1. The zero-order valence-electron chi connectivity index (χ0n) is 17.5. The minimum Gasteiger partial charge on any atom is -0.497 e. The van der Waals surface area contributed by atoms with Gasteiger partial charge in [-0.15, -0.1) is 0 Å². The van der Waals surface area contributed by atoms with E-state index in [0.29, 0.717) is 5.82 Å². The van der Waals surface area contributed by atoms with E-state index in [9.17, 15) is 0 Å². The molecule has 3 aromatic rings. The molecule has 2 aromatic heterocycles. The highest BCUT2D eigenvalue weighted by molar-refractivity contribution is 5.91. The highest BCUT2D eigenvalue weighted by Crippen LogP contribution is 2.29. The molecule has 0 aliphatic heterocycles. The quantitative estimate of drug-likeness (QED) is 0.358. The number of benzene rings is 1. The van der Waals surface area contributed by atoms with Crippen molar-refractivity contribution >= 4 is 34.8 Å². The number of methoxy groups -OCH3 is 1. The molecule has 31 heavy (non-hydrogen) atoms. The summed E-state index contributed by atoms with van der Waals surface area (Å²) >= 11 is 0. The molecule has 8 heteroatoms. The number of nitrogens with one attached hydrogen (secondary N) is 3. The number of nitrogens with zero attached hydrogens (tertiary/aromatic N) is 3. The molecule has 4 rings (SSSR count). The molecule has 2 unspecified atom stereocenters. The van der Waals surface area contributed by atoms with Crippen molar-refractivity contribution in [3.63, 3.8) is 0 Å². The van der Waals surface area contributed by atoms with E-state index < -0.39 is 0 Å². The van der Waals surface area contributed by atoms with Gasteiger partial charge in [0.25, 0.3) is 0 Å². The lowest BCUT2D eigenvalue weighted by Crippen LogP contribution is -2.50. The lowest BCUT2D eigenvalue weighted by molar-refractivity contribution is 0.377. The third kappa shape index (κ3) is 5.09. The van der Waals surface area contributed by atoms with Gasteiger partial charge in [0.2, 0.25) is 0 Å². The summed E-state index contributed by atoms with van der Waals surface area (Å²) in [5, 5.41) is 15.2. The Kier molecular flexibility index (Phi) is 6.26. The smallest absolute Gasteiger partial charge is 0.185 e. The zero-order valence-corrected chi connectivity index (χ0v) is 17.5. The Morgan fingerprint density at radius 3 is 2.74 bits per heavy atom. The molecule has 2 heterocycles. The van der Waals surface area contributed by atoms with Gasteiger partial charge in [-0.3, -0.25) is 10.4 Å². The van der Waals surface area contributed by atoms with Crippen LogP contribution in [0.25, 0.3) is 23.1 Å². The lowest BCUT2D eigenvalue weighted by Gasteiger charge is -2.33. The molecule has 0 radical (unpaired) electrons. The fraction of sp³-hybridized carbons (Fsp3) is 0.304. The van der Waals surface area contributed by atoms with Crippen molar-refractivity contribution in [1.82, 2.24) is 20.3 Å². The zero-order chi connectivity index (χ0) is 21.6. The first kappa shape index (κ1) is 20.6. The number of ether oxygens (including phenoxy) is 1. The average Bonchev–Trinajstić information content (AvgIpc) is 2.79. The summed E-state index contributed by atoms with van der Waals surface area (Å²) in [6.45, 7) is 0. The van der Waals surface area contributed by atoms with Gasteiger partial charge in [0.15, 0.2) is 11.8 Å². The van der Waals surface area contributed by atoms with Crippen molar-refractivity contribution in [3.05, 3.63) is 54.1 Å². The van der Waals surface area contributed by atoms with Crippen LogP contribution in [0.5, 0.6) is 5.75 Å². The van der Waals surface area contributed by atoms with Gasteiger partial charge in [-0.25, -0.2) is 9.97 Å². The highest BCUT2D eigenvalue weighted by atomic mass is 16.5. The van der Waals surface area contributed by atoms with E-state index in [1.54, 1.807) is 19.5 Å². The molecule has 1 aliphatic rings. The van der Waals surface area contributed by atoms with Gasteiger partial charge in [-0.1, -0.05) is 18.9 Å². The van der Waals surface area contributed by atoms with E-state index in [4.69, 9.17) is 25.8 Å². The number of guanidine groups is 1. The maximum Gasteiger partial charge on any atom is 0.185 e. The number of rotatable bonds is 6. The summed E-state index contributed by atoms with van der Waals surface area (Å²) in [7, 11) is 1.65.